The van der Waals surface area contributed by atoms with Gasteiger partial charge in [0.15, 0.2) is 0 Å². The van der Waals surface area contributed by atoms with Crippen LogP contribution in [0.4, 0.5) is 0 Å². The van der Waals surface area contributed by atoms with Crippen molar-refractivity contribution in [3.8, 4) is 0 Å². The maximum absolute atomic E-state index is 12.7. The molecule has 0 aromatic heterocycles. The minimum atomic E-state index is -0.362. The van der Waals surface area contributed by atoms with Crippen molar-refractivity contribution in [2.75, 3.05) is 33.4 Å². The number of amides is 1. The number of hydrogen-bond donors (Lipinski definition) is 1. The first-order valence-electron chi connectivity index (χ1n) is 8.21. The molecule has 0 bridgehead atoms. The lowest BCUT2D eigenvalue weighted by Crippen LogP contribution is -2.50. The Morgan fingerprint density at radius 2 is 1.90 bits per heavy atom. The lowest BCUT2D eigenvalue weighted by molar-refractivity contribution is -0.146. The fourth-order valence-corrected chi connectivity index (χ4v) is 3.63. The van der Waals surface area contributed by atoms with E-state index in [1.807, 2.05) is 11.9 Å². The molecule has 4 nitrogen and oxygen atoms in total. The van der Waals surface area contributed by atoms with Crippen LogP contribution in [0.2, 0.25) is 0 Å². The molecule has 116 valence electrons. The van der Waals surface area contributed by atoms with Gasteiger partial charge in [0.2, 0.25) is 5.91 Å². The Labute approximate surface area is 123 Å². The third kappa shape index (κ3) is 3.73. The molecule has 2 rings (SSSR count). The van der Waals surface area contributed by atoms with Crippen LogP contribution in [-0.2, 0) is 9.53 Å². The molecule has 0 atom stereocenters. The summed E-state index contributed by atoms with van der Waals surface area (Å²) < 4.78 is 5.39. The lowest BCUT2D eigenvalue weighted by Gasteiger charge is -2.38. The molecule has 0 aromatic carbocycles. The summed E-state index contributed by atoms with van der Waals surface area (Å²) in [6, 6.07) is 0. The van der Waals surface area contributed by atoms with Gasteiger partial charge in [-0.3, -0.25) is 4.79 Å². The van der Waals surface area contributed by atoms with Crippen LogP contribution < -0.4 is 5.73 Å². The van der Waals surface area contributed by atoms with Crippen molar-refractivity contribution < 1.29 is 9.53 Å². The standard InChI is InChI=1S/C16H30N2O2/c1-18(10-7-14-5-3-2-4-6-14)15(19)16(13-17)8-11-20-12-9-16/h14H,2-13,17H2,1H3. The van der Waals surface area contributed by atoms with E-state index >= 15 is 0 Å². The van der Waals surface area contributed by atoms with E-state index in [2.05, 4.69) is 0 Å². The molecule has 1 saturated carbocycles. The fraction of sp³-hybridized carbons (Fsp3) is 0.938. The Morgan fingerprint density at radius 1 is 1.25 bits per heavy atom. The van der Waals surface area contributed by atoms with Crippen LogP contribution in [-0.4, -0.2) is 44.2 Å². The highest BCUT2D eigenvalue weighted by atomic mass is 16.5. The number of carbonyl (C=O) groups excluding carboxylic acids is 1. The average Bonchev–Trinajstić information content (AvgIpc) is 2.53. The summed E-state index contributed by atoms with van der Waals surface area (Å²) in [6.45, 7) is 2.66. The molecule has 1 heterocycles. The Morgan fingerprint density at radius 3 is 2.50 bits per heavy atom. The van der Waals surface area contributed by atoms with Gasteiger partial charge in [0.05, 0.1) is 5.41 Å². The Hall–Kier alpha value is -0.610. The van der Waals surface area contributed by atoms with E-state index in [9.17, 15) is 4.79 Å². The highest BCUT2D eigenvalue weighted by molar-refractivity contribution is 5.83. The van der Waals surface area contributed by atoms with Crippen LogP contribution in [0.1, 0.15) is 51.4 Å². The molecule has 2 fully saturated rings. The van der Waals surface area contributed by atoms with Gasteiger partial charge in [0, 0.05) is 33.4 Å². The average molecular weight is 282 g/mol. The SMILES string of the molecule is CN(CCC1CCCCC1)C(=O)C1(CN)CCOCC1. The van der Waals surface area contributed by atoms with Crippen molar-refractivity contribution in [3.05, 3.63) is 0 Å². The van der Waals surface area contributed by atoms with Crippen LogP contribution in [0, 0.1) is 11.3 Å². The molecule has 20 heavy (non-hydrogen) atoms. The van der Waals surface area contributed by atoms with E-state index < -0.39 is 0 Å². The van der Waals surface area contributed by atoms with Crippen LogP contribution in [0.15, 0.2) is 0 Å². The molecule has 1 amide bonds. The highest BCUT2D eigenvalue weighted by Crippen LogP contribution is 2.32. The van der Waals surface area contributed by atoms with E-state index in [1.54, 1.807) is 0 Å². The molecule has 0 spiro atoms. The molecule has 4 heteroatoms. The van der Waals surface area contributed by atoms with E-state index in [4.69, 9.17) is 10.5 Å². The second-order valence-electron chi connectivity index (χ2n) is 6.62. The van der Waals surface area contributed by atoms with E-state index in [-0.39, 0.29) is 11.3 Å². The van der Waals surface area contributed by atoms with Crippen LogP contribution in [0.3, 0.4) is 0 Å². The molecular weight excluding hydrogens is 252 g/mol. The van der Waals surface area contributed by atoms with Gasteiger partial charge in [-0.2, -0.15) is 0 Å². The number of ether oxygens (including phenoxy) is 1. The van der Waals surface area contributed by atoms with Crippen molar-refractivity contribution >= 4 is 5.91 Å². The number of carbonyl (C=O) groups is 1. The predicted octanol–water partition coefficient (Wildman–Crippen LogP) is 2.17. The third-order valence-corrected chi connectivity index (χ3v) is 5.24. The predicted molar refractivity (Wildman–Crippen MR) is 80.4 cm³/mol. The zero-order valence-electron chi connectivity index (χ0n) is 12.9. The summed E-state index contributed by atoms with van der Waals surface area (Å²) in [5.41, 5.74) is 5.55. The Balaban J connectivity index is 1.83. The maximum atomic E-state index is 12.7. The minimum absolute atomic E-state index is 0.235. The van der Waals surface area contributed by atoms with Gasteiger partial charge in [0.25, 0.3) is 0 Å². The van der Waals surface area contributed by atoms with Crippen LogP contribution in [0.5, 0.6) is 0 Å². The molecule has 2 aliphatic rings. The summed E-state index contributed by atoms with van der Waals surface area (Å²) in [7, 11) is 1.94. The van der Waals surface area contributed by atoms with Gasteiger partial charge in [0.1, 0.15) is 0 Å². The molecule has 0 unspecified atom stereocenters. The zero-order chi connectivity index (χ0) is 14.4. The van der Waals surface area contributed by atoms with Crippen molar-refractivity contribution in [2.24, 2.45) is 17.1 Å². The van der Waals surface area contributed by atoms with Crippen LogP contribution >= 0.6 is 0 Å². The molecule has 1 aliphatic carbocycles. The van der Waals surface area contributed by atoms with E-state index in [1.165, 1.54) is 32.1 Å². The monoisotopic (exact) mass is 282 g/mol. The molecule has 2 N–H and O–H groups in total. The first kappa shape index (κ1) is 15.8. The van der Waals surface area contributed by atoms with Gasteiger partial charge in [-0.05, 0) is 25.2 Å². The maximum Gasteiger partial charge on any atom is 0.229 e. The topological polar surface area (TPSA) is 55.6 Å². The van der Waals surface area contributed by atoms with Gasteiger partial charge in [-0.25, -0.2) is 0 Å². The van der Waals surface area contributed by atoms with E-state index in [0.29, 0.717) is 19.8 Å². The summed E-state index contributed by atoms with van der Waals surface area (Å²) >= 11 is 0. The van der Waals surface area contributed by atoms with Gasteiger partial charge >= 0.3 is 0 Å². The summed E-state index contributed by atoms with van der Waals surface area (Å²) in [5, 5.41) is 0. The van der Waals surface area contributed by atoms with Crippen molar-refractivity contribution in [1.82, 2.24) is 4.90 Å². The first-order valence-corrected chi connectivity index (χ1v) is 8.21. The molecule has 0 radical (unpaired) electrons. The number of nitrogens with zero attached hydrogens (tertiary/aromatic N) is 1. The van der Waals surface area contributed by atoms with Crippen molar-refractivity contribution in [1.29, 1.82) is 0 Å². The van der Waals surface area contributed by atoms with E-state index in [0.717, 1.165) is 31.7 Å². The van der Waals surface area contributed by atoms with Crippen LogP contribution in [0.25, 0.3) is 0 Å². The normalized spacial score (nSPS) is 23.5. The second-order valence-corrected chi connectivity index (χ2v) is 6.62. The number of rotatable bonds is 5. The first-order chi connectivity index (χ1) is 9.68. The molecule has 0 aromatic rings. The quantitative estimate of drug-likeness (QED) is 0.841. The van der Waals surface area contributed by atoms with Gasteiger partial charge in [-0.15, -0.1) is 0 Å². The molecule has 1 saturated heterocycles. The van der Waals surface area contributed by atoms with Crippen molar-refractivity contribution in [2.45, 2.75) is 51.4 Å². The third-order valence-electron chi connectivity index (χ3n) is 5.24. The molecule has 1 aliphatic heterocycles. The second kappa shape index (κ2) is 7.41. The van der Waals surface area contributed by atoms with Gasteiger partial charge in [-0.1, -0.05) is 32.1 Å². The lowest BCUT2D eigenvalue weighted by atomic mass is 9.78. The smallest absolute Gasteiger partial charge is 0.229 e. The minimum Gasteiger partial charge on any atom is -0.381 e. The van der Waals surface area contributed by atoms with Gasteiger partial charge < -0.3 is 15.4 Å². The fourth-order valence-electron chi connectivity index (χ4n) is 3.63. The summed E-state index contributed by atoms with van der Waals surface area (Å²) in [6.07, 6.45) is 9.52. The highest BCUT2D eigenvalue weighted by Gasteiger charge is 2.40. The number of hydrogen-bond acceptors (Lipinski definition) is 3. The zero-order valence-corrected chi connectivity index (χ0v) is 12.9. The Kier molecular flexibility index (Phi) is 5.85. The molecular formula is C16H30N2O2. The summed E-state index contributed by atoms with van der Waals surface area (Å²) in [5.74, 6) is 1.06. The Bertz CT molecular complexity index is 308. The summed E-state index contributed by atoms with van der Waals surface area (Å²) in [4.78, 5) is 14.6. The largest absolute Gasteiger partial charge is 0.381 e. The van der Waals surface area contributed by atoms with Crippen molar-refractivity contribution in [3.63, 3.8) is 0 Å². The number of nitrogens with two attached hydrogens (primary N) is 1.